The Morgan fingerprint density at radius 3 is 3.08 bits per heavy atom. The van der Waals surface area contributed by atoms with Crippen LogP contribution in [-0.2, 0) is 20.0 Å². The zero-order chi connectivity index (χ0) is 17.0. The molecule has 3 heterocycles. The summed E-state index contributed by atoms with van der Waals surface area (Å²) in [5.74, 6) is 1.56. The van der Waals surface area contributed by atoms with Gasteiger partial charge in [0.15, 0.2) is 5.69 Å². The molecule has 2 aliphatic rings. The lowest BCUT2D eigenvalue weighted by Gasteiger charge is -2.12. The quantitative estimate of drug-likeness (QED) is 0.683. The number of rotatable bonds is 3. The van der Waals surface area contributed by atoms with Crippen molar-refractivity contribution in [3.05, 3.63) is 41.0 Å². The normalized spacial score (nSPS) is 16.8. The van der Waals surface area contributed by atoms with Gasteiger partial charge in [-0.05, 0) is 31.0 Å². The van der Waals surface area contributed by atoms with Gasteiger partial charge in [-0.25, -0.2) is 4.98 Å². The molecule has 128 valence electrons. The number of anilines is 1. The monoisotopic (exact) mass is 336 g/mol. The molecule has 1 amide bonds. The lowest BCUT2D eigenvalue weighted by Crippen LogP contribution is -2.25. The van der Waals surface area contributed by atoms with Crippen LogP contribution in [-0.4, -0.2) is 32.2 Å². The van der Waals surface area contributed by atoms with E-state index in [9.17, 15) is 4.79 Å². The van der Waals surface area contributed by atoms with Gasteiger partial charge in [0.25, 0.3) is 5.91 Å². The molecule has 1 aliphatic carbocycles. The van der Waals surface area contributed by atoms with Crippen LogP contribution in [0.1, 0.15) is 46.3 Å². The predicted molar refractivity (Wildman–Crippen MR) is 94.6 cm³/mol. The number of imidazole rings is 1. The molecular formula is C18H20N6O. The van der Waals surface area contributed by atoms with Gasteiger partial charge in [0.05, 0.1) is 11.0 Å². The van der Waals surface area contributed by atoms with Gasteiger partial charge in [0.2, 0.25) is 0 Å². The molecule has 0 bridgehead atoms. The van der Waals surface area contributed by atoms with Gasteiger partial charge in [0, 0.05) is 49.4 Å². The molecule has 1 fully saturated rings. The average Bonchev–Trinajstić information content (AvgIpc) is 3.29. The van der Waals surface area contributed by atoms with Gasteiger partial charge >= 0.3 is 0 Å². The van der Waals surface area contributed by atoms with Crippen LogP contribution in [0.15, 0.2) is 18.2 Å². The van der Waals surface area contributed by atoms with Crippen LogP contribution < -0.4 is 10.6 Å². The minimum absolute atomic E-state index is 0.182. The van der Waals surface area contributed by atoms with Crippen molar-refractivity contribution in [2.24, 2.45) is 7.05 Å². The first-order valence-electron chi connectivity index (χ1n) is 8.75. The van der Waals surface area contributed by atoms with Crippen molar-refractivity contribution >= 4 is 22.6 Å². The molecule has 7 heteroatoms. The first-order chi connectivity index (χ1) is 12.2. The summed E-state index contributed by atoms with van der Waals surface area (Å²) in [7, 11) is 2.06. The van der Waals surface area contributed by atoms with Crippen LogP contribution in [0.4, 0.5) is 5.69 Å². The Balaban J connectivity index is 1.43. The van der Waals surface area contributed by atoms with Crippen molar-refractivity contribution in [3.63, 3.8) is 0 Å². The Morgan fingerprint density at radius 2 is 2.24 bits per heavy atom. The van der Waals surface area contributed by atoms with Crippen LogP contribution in [0.25, 0.3) is 11.0 Å². The van der Waals surface area contributed by atoms with E-state index < -0.39 is 0 Å². The predicted octanol–water partition coefficient (Wildman–Crippen LogP) is 2.07. The second-order valence-corrected chi connectivity index (χ2v) is 6.92. The Morgan fingerprint density at radius 1 is 1.36 bits per heavy atom. The van der Waals surface area contributed by atoms with Crippen LogP contribution >= 0.6 is 0 Å². The Labute approximate surface area is 144 Å². The van der Waals surface area contributed by atoms with Gasteiger partial charge < -0.3 is 15.2 Å². The van der Waals surface area contributed by atoms with Crippen molar-refractivity contribution in [1.29, 1.82) is 0 Å². The van der Waals surface area contributed by atoms with E-state index in [4.69, 9.17) is 4.98 Å². The first-order valence-corrected chi connectivity index (χ1v) is 8.75. The standard InChI is InChI=1S/C18H20N6O/c1-24-15-5-4-11(8-14(15)21-17(24)10-2-3-10)20-18(25)16-12-9-19-7-6-13(12)22-23-16/h4-5,8,10,19H,2-3,6-7,9H2,1H3,(H,20,25)(H,22,23). The number of aromatic amines is 1. The number of nitrogens with zero attached hydrogens (tertiary/aromatic N) is 3. The number of amides is 1. The minimum Gasteiger partial charge on any atom is -0.331 e. The molecule has 7 nitrogen and oxygen atoms in total. The van der Waals surface area contributed by atoms with Crippen LogP contribution in [0.3, 0.4) is 0 Å². The van der Waals surface area contributed by atoms with Crippen molar-refractivity contribution in [2.45, 2.75) is 31.7 Å². The maximum atomic E-state index is 12.6. The van der Waals surface area contributed by atoms with E-state index >= 15 is 0 Å². The molecule has 0 unspecified atom stereocenters. The van der Waals surface area contributed by atoms with Crippen molar-refractivity contribution in [1.82, 2.24) is 25.1 Å². The number of nitrogens with one attached hydrogen (secondary N) is 3. The molecule has 3 N–H and O–H groups in total. The third-order valence-electron chi connectivity index (χ3n) is 5.14. The zero-order valence-corrected chi connectivity index (χ0v) is 14.1. The van der Waals surface area contributed by atoms with Gasteiger partial charge in [-0.15, -0.1) is 0 Å². The molecule has 1 aromatic carbocycles. The summed E-state index contributed by atoms with van der Waals surface area (Å²) in [6.07, 6.45) is 3.32. The van der Waals surface area contributed by atoms with Crippen LogP contribution in [0.2, 0.25) is 0 Å². The number of aromatic nitrogens is 4. The summed E-state index contributed by atoms with van der Waals surface area (Å²) in [5.41, 5.74) is 5.27. The average molecular weight is 336 g/mol. The summed E-state index contributed by atoms with van der Waals surface area (Å²) in [6.45, 7) is 1.59. The van der Waals surface area contributed by atoms with Crippen LogP contribution in [0.5, 0.6) is 0 Å². The Hall–Kier alpha value is -2.67. The smallest absolute Gasteiger partial charge is 0.276 e. The summed E-state index contributed by atoms with van der Waals surface area (Å²) < 4.78 is 2.16. The van der Waals surface area contributed by atoms with E-state index in [-0.39, 0.29) is 5.91 Å². The summed E-state index contributed by atoms with van der Waals surface area (Å²) >= 11 is 0. The third-order valence-corrected chi connectivity index (χ3v) is 5.14. The van der Waals surface area contributed by atoms with Gasteiger partial charge in [0.1, 0.15) is 5.82 Å². The number of hydrogen-bond donors (Lipinski definition) is 3. The minimum atomic E-state index is -0.182. The maximum absolute atomic E-state index is 12.6. The number of carbonyl (C=O) groups is 1. The highest BCUT2D eigenvalue weighted by Crippen LogP contribution is 2.40. The highest BCUT2D eigenvalue weighted by Gasteiger charge is 2.28. The molecule has 0 saturated heterocycles. The molecule has 0 atom stereocenters. The summed E-state index contributed by atoms with van der Waals surface area (Å²) in [5, 5.41) is 13.4. The van der Waals surface area contributed by atoms with Crippen molar-refractivity contribution in [3.8, 4) is 0 Å². The zero-order valence-electron chi connectivity index (χ0n) is 14.1. The highest BCUT2D eigenvalue weighted by atomic mass is 16.1. The Bertz CT molecular complexity index is 981. The van der Waals surface area contributed by atoms with E-state index in [1.807, 2.05) is 18.2 Å². The number of carbonyl (C=O) groups excluding carboxylic acids is 1. The van der Waals surface area contributed by atoms with Crippen LogP contribution in [0, 0.1) is 0 Å². The van der Waals surface area contributed by atoms with Gasteiger partial charge in [-0.3, -0.25) is 9.89 Å². The van der Waals surface area contributed by atoms with E-state index in [1.54, 1.807) is 0 Å². The molecule has 0 spiro atoms. The molecule has 2 aromatic heterocycles. The molecule has 25 heavy (non-hydrogen) atoms. The lowest BCUT2D eigenvalue weighted by atomic mass is 10.1. The molecule has 1 aliphatic heterocycles. The van der Waals surface area contributed by atoms with Crippen molar-refractivity contribution in [2.75, 3.05) is 11.9 Å². The van der Waals surface area contributed by atoms with Gasteiger partial charge in [-0.2, -0.15) is 5.10 Å². The van der Waals surface area contributed by atoms with E-state index in [0.717, 1.165) is 46.8 Å². The number of fused-ring (bicyclic) bond motifs is 2. The van der Waals surface area contributed by atoms with E-state index in [0.29, 0.717) is 18.2 Å². The maximum Gasteiger partial charge on any atom is 0.276 e. The second-order valence-electron chi connectivity index (χ2n) is 6.92. The second kappa shape index (κ2) is 5.42. The molecular weight excluding hydrogens is 316 g/mol. The third kappa shape index (κ3) is 2.42. The highest BCUT2D eigenvalue weighted by molar-refractivity contribution is 6.04. The first kappa shape index (κ1) is 14.7. The summed E-state index contributed by atoms with van der Waals surface area (Å²) in [6, 6.07) is 5.89. The number of H-pyrrole nitrogens is 1. The van der Waals surface area contributed by atoms with Gasteiger partial charge in [-0.1, -0.05) is 0 Å². The van der Waals surface area contributed by atoms with E-state index in [1.165, 1.54) is 12.8 Å². The molecule has 5 rings (SSSR count). The fourth-order valence-electron chi connectivity index (χ4n) is 3.61. The SMILES string of the molecule is Cn1c(C2CC2)nc2cc(NC(=O)c3n[nH]c4c3CNCC4)ccc21. The van der Waals surface area contributed by atoms with E-state index in [2.05, 4.69) is 32.4 Å². The fraction of sp³-hybridized carbons (Fsp3) is 0.389. The topological polar surface area (TPSA) is 87.6 Å². The Kier molecular flexibility index (Phi) is 3.18. The molecule has 1 saturated carbocycles. The number of aryl methyl sites for hydroxylation is 1. The van der Waals surface area contributed by atoms with Crippen molar-refractivity contribution < 1.29 is 4.79 Å². The molecule has 3 aromatic rings. The lowest BCUT2D eigenvalue weighted by molar-refractivity contribution is 0.102. The number of benzene rings is 1. The summed E-state index contributed by atoms with van der Waals surface area (Å²) in [4.78, 5) is 17.4. The number of hydrogen-bond acceptors (Lipinski definition) is 4. The molecule has 0 radical (unpaired) electrons. The largest absolute Gasteiger partial charge is 0.331 e. The fourth-order valence-corrected chi connectivity index (χ4v) is 3.61.